The number of rotatable bonds is 8. The van der Waals surface area contributed by atoms with Crippen molar-refractivity contribution in [3.05, 3.63) is 30.3 Å². The van der Waals surface area contributed by atoms with E-state index in [1.807, 2.05) is 4.57 Å². The number of carbonyl (C=O) groups is 1. The summed E-state index contributed by atoms with van der Waals surface area (Å²) in [5.41, 5.74) is 4.13. The lowest BCUT2D eigenvalue weighted by Gasteiger charge is -2.27. The molecule has 0 aliphatic carbocycles. The van der Waals surface area contributed by atoms with Crippen LogP contribution in [-0.4, -0.2) is 63.5 Å². The summed E-state index contributed by atoms with van der Waals surface area (Å²) in [5.74, 6) is -0.408. The molecule has 1 aliphatic heterocycles. The monoisotopic (exact) mass is 458 g/mol. The lowest BCUT2D eigenvalue weighted by atomic mass is 10.1. The van der Waals surface area contributed by atoms with Crippen LogP contribution < -0.4 is 15.1 Å². The molecule has 1 saturated heterocycles. The van der Waals surface area contributed by atoms with E-state index in [9.17, 15) is 9.18 Å². The minimum absolute atomic E-state index is 0.0554. The van der Waals surface area contributed by atoms with Crippen LogP contribution in [0.25, 0.3) is 22.4 Å². The van der Waals surface area contributed by atoms with Gasteiger partial charge in [-0.05, 0) is 38.5 Å². The van der Waals surface area contributed by atoms with E-state index in [2.05, 4.69) is 23.7 Å². The third-order valence-electron chi connectivity index (χ3n) is 5.39. The third-order valence-corrected chi connectivity index (χ3v) is 5.39. The van der Waals surface area contributed by atoms with Gasteiger partial charge in [-0.25, -0.2) is 19.8 Å². The van der Waals surface area contributed by atoms with Crippen LogP contribution in [0.15, 0.2) is 24.5 Å². The van der Waals surface area contributed by atoms with E-state index < -0.39 is 11.7 Å². The lowest BCUT2D eigenvalue weighted by molar-refractivity contribution is -0.129. The Morgan fingerprint density at radius 2 is 2.09 bits per heavy atom. The number of ether oxygens (including phenoxy) is 2. The Labute approximate surface area is 190 Å². The van der Waals surface area contributed by atoms with Gasteiger partial charge < -0.3 is 18.9 Å². The van der Waals surface area contributed by atoms with Crippen molar-refractivity contribution < 1.29 is 23.9 Å². The van der Waals surface area contributed by atoms with Gasteiger partial charge in [0, 0.05) is 31.1 Å². The van der Waals surface area contributed by atoms with Gasteiger partial charge in [0.1, 0.15) is 11.2 Å². The molecule has 0 unspecified atom stereocenters. The number of nitrogens with one attached hydrogen (secondary N) is 1. The van der Waals surface area contributed by atoms with Crippen LogP contribution in [0.3, 0.4) is 0 Å². The predicted molar refractivity (Wildman–Crippen MR) is 119 cm³/mol. The Morgan fingerprint density at radius 3 is 2.82 bits per heavy atom. The number of imidazole rings is 1. The van der Waals surface area contributed by atoms with Gasteiger partial charge >= 0.3 is 0 Å². The molecule has 2 N–H and O–H groups in total. The minimum atomic E-state index is -0.521. The van der Waals surface area contributed by atoms with Gasteiger partial charge in [0.25, 0.3) is 0 Å². The zero-order valence-corrected chi connectivity index (χ0v) is 18.6. The Bertz CT molecular complexity index is 1130. The van der Waals surface area contributed by atoms with Crippen LogP contribution in [0.2, 0.25) is 0 Å². The van der Waals surface area contributed by atoms with Gasteiger partial charge in [0.05, 0.1) is 26.1 Å². The lowest BCUT2D eigenvalue weighted by Crippen LogP contribution is -2.37. The Hall–Kier alpha value is -3.31. The van der Waals surface area contributed by atoms with Gasteiger partial charge in [0.15, 0.2) is 17.2 Å². The second kappa shape index (κ2) is 10.1. The number of hydrogen-bond acceptors (Lipinski definition) is 8. The summed E-state index contributed by atoms with van der Waals surface area (Å²) in [5, 5.41) is 8.57. The van der Waals surface area contributed by atoms with Crippen molar-refractivity contribution in [2.24, 2.45) is 0 Å². The second-order valence-corrected chi connectivity index (χ2v) is 8.02. The van der Waals surface area contributed by atoms with Gasteiger partial charge in [-0.3, -0.25) is 10.0 Å². The van der Waals surface area contributed by atoms with E-state index >= 15 is 0 Å². The van der Waals surface area contributed by atoms with Crippen molar-refractivity contribution in [1.82, 2.24) is 25.0 Å². The molecule has 0 radical (unpaired) electrons. The summed E-state index contributed by atoms with van der Waals surface area (Å²) in [4.78, 5) is 27.3. The molecule has 1 fully saturated rings. The fourth-order valence-corrected chi connectivity index (χ4v) is 3.62. The first kappa shape index (κ1) is 22.9. The largest absolute Gasteiger partial charge is 0.490 e. The predicted octanol–water partition coefficient (Wildman–Crippen LogP) is 2.71. The van der Waals surface area contributed by atoms with Crippen molar-refractivity contribution >= 4 is 23.0 Å². The maximum absolute atomic E-state index is 14.4. The van der Waals surface area contributed by atoms with E-state index in [4.69, 9.17) is 24.6 Å². The van der Waals surface area contributed by atoms with Gasteiger partial charge in [-0.2, -0.15) is 4.98 Å². The number of carbonyl (C=O) groups excluding carboxylic acids is 1. The fourth-order valence-electron chi connectivity index (χ4n) is 3.62. The highest BCUT2D eigenvalue weighted by molar-refractivity contribution is 5.89. The van der Waals surface area contributed by atoms with Gasteiger partial charge in [0.2, 0.25) is 11.9 Å². The van der Waals surface area contributed by atoms with Crippen molar-refractivity contribution in [2.45, 2.75) is 32.7 Å². The topological polar surface area (TPSA) is 115 Å². The zero-order valence-electron chi connectivity index (χ0n) is 18.6. The molecule has 1 amide bonds. The van der Waals surface area contributed by atoms with Crippen LogP contribution in [0.4, 0.5) is 10.3 Å². The van der Waals surface area contributed by atoms with E-state index in [0.717, 1.165) is 0 Å². The molecule has 11 heteroatoms. The molecule has 176 valence electrons. The van der Waals surface area contributed by atoms with Crippen LogP contribution in [0.5, 0.6) is 5.75 Å². The highest BCUT2D eigenvalue weighted by Crippen LogP contribution is 2.32. The molecule has 4 rings (SSSR count). The highest BCUT2D eigenvalue weighted by Gasteiger charge is 2.21. The molecule has 2 aromatic heterocycles. The quantitative estimate of drug-likeness (QED) is 0.301. The number of hydroxylamine groups is 1. The Morgan fingerprint density at radius 1 is 1.30 bits per heavy atom. The molecule has 1 aromatic carbocycles. The van der Waals surface area contributed by atoms with Crippen LogP contribution in [0.1, 0.15) is 32.7 Å². The normalized spacial score (nSPS) is 14.2. The van der Waals surface area contributed by atoms with Gasteiger partial charge in [-0.15, -0.1) is 0 Å². The highest BCUT2D eigenvalue weighted by atomic mass is 19.1. The number of nitrogens with zero attached hydrogens (tertiary/aromatic N) is 5. The van der Waals surface area contributed by atoms with E-state index in [-0.39, 0.29) is 24.8 Å². The number of anilines is 1. The average molecular weight is 458 g/mol. The molecule has 0 spiro atoms. The van der Waals surface area contributed by atoms with Crippen molar-refractivity contribution in [3.63, 3.8) is 0 Å². The molecular formula is C22H27FN6O4. The number of aromatic nitrogens is 4. The number of fused-ring (bicyclic) bond motifs is 1. The number of halogens is 1. The van der Waals surface area contributed by atoms with Crippen LogP contribution in [0, 0.1) is 5.82 Å². The summed E-state index contributed by atoms with van der Waals surface area (Å²) in [6.45, 7) is 6.79. The van der Waals surface area contributed by atoms with Crippen LogP contribution in [-0.2, 0) is 9.53 Å². The first-order valence-corrected chi connectivity index (χ1v) is 10.9. The van der Waals surface area contributed by atoms with Crippen molar-refractivity contribution in [2.75, 3.05) is 37.8 Å². The van der Waals surface area contributed by atoms with Gasteiger partial charge in [-0.1, -0.05) is 0 Å². The summed E-state index contributed by atoms with van der Waals surface area (Å²) in [6.07, 6.45) is 2.14. The molecule has 0 saturated carbocycles. The second-order valence-electron chi connectivity index (χ2n) is 8.02. The molecule has 0 bridgehead atoms. The summed E-state index contributed by atoms with van der Waals surface area (Å²) in [6, 6.07) is 4.70. The van der Waals surface area contributed by atoms with Crippen LogP contribution >= 0.6 is 0 Å². The van der Waals surface area contributed by atoms with Crippen molar-refractivity contribution in [3.8, 4) is 17.0 Å². The molecule has 10 nitrogen and oxygen atoms in total. The van der Waals surface area contributed by atoms with Crippen molar-refractivity contribution in [1.29, 1.82) is 0 Å². The Balaban J connectivity index is 1.70. The maximum atomic E-state index is 14.4. The number of morpholine rings is 1. The fraction of sp³-hybridized carbons (Fsp3) is 0.455. The standard InChI is InChI=1S/C22H27FN6O4/c1-14(2)29-13-24-20-19(25-22(26-21(20)29)28-7-10-32-11-8-28)15-5-6-16(23)17(12-15)33-9-3-4-18(30)27-31/h5-6,12-14,31H,3-4,7-11H2,1-2H3,(H,27,30). The summed E-state index contributed by atoms with van der Waals surface area (Å²) < 4.78 is 27.4. The molecule has 0 atom stereocenters. The smallest absolute Gasteiger partial charge is 0.243 e. The number of benzene rings is 1. The average Bonchev–Trinajstić information content (AvgIpc) is 3.27. The molecular weight excluding hydrogens is 431 g/mol. The zero-order chi connectivity index (χ0) is 23.4. The molecule has 3 heterocycles. The minimum Gasteiger partial charge on any atom is -0.490 e. The molecule has 1 aliphatic rings. The maximum Gasteiger partial charge on any atom is 0.243 e. The number of amides is 1. The first-order valence-electron chi connectivity index (χ1n) is 10.9. The first-order chi connectivity index (χ1) is 16.0. The Kier molecular flexibility index (Phi) is 6.99. The van der Waals surface area contributed by atoms with E-state index in [0.29, 0.717) is 61.1 Å². The summed E-state index contributed by atoms with van der Waals surface area (Å²) >= 11 is 0. The number of hydrogen-bond donors (Lipinski definition) is 2. The molecule has 33 heavy (non-hydrogen) atoms. The third kappa shape index (κ3) is 5.04. The van der Waals surface area contributed by atoms with E-state index in [1.165, 1.54) is 6.07 Å². The molecule has 3 aromatic rings. The summed E-state index contributed by atoms with van der Waals surface area (Å²) in [7, 11) is 0. The van der Waals surface area contributed by atoms with E-state index in [1.54, 1.807) is 23.9 Å². The SMILES string of the molecule is CC(C)n1cnc2c(-c3ccc(F)c(OCCCC(=O)NO)c3)nc(N3CCOCC3)nc21.